The molecule has 29 heavy (non-hydrogen) atoms. The zero-order chi connectivity index (χ0) is 21.0. The van der Waals surface area contributed by atoms with Crippen molar-refractivity contribution in [1.29, 1.82) is 0 Å². The first-order chi connectivity index (χ1) is 13.9. The summed E-state index contributed by atoms with van der Waals surface area (Å²) in [6.45, 7) is 2.06. The molecule has 0 spiro atoms. The second-order valence-corrected chi connectivity index (χ2v) is 7.06. The molecule has 1 amide bonds. The lowest BCUT2D eigenvalue weighted by molar-refractivity contribution is -0.124. The Morgan fingerprint density at radius 3 is 2.90 bits per heavy atom. The van der Waals surface area contributed by atoms with Gasteiger partial charge in [0.05, 0.1) is 18.1 Å². The summed E-state index contributed by atoms with van der Waals surface area (Å²) in [7, 11) is 1.66. The quantitative estimate of drug-likeness (QED) is 0.622. The maximum absolute atomic E-state index is 13.6. The summed E-state index contributed by atoms with van der Waals surface area (Å²) in [6.07, 6.45) is 1.82. The van der Waals surface area contributed by atoms with Crippen LogP contribution in [0.25, 0.3) is 11.1 Å². The summed E-state index contributed by atoms with van der Waals surface area (Å²) in [5.41, 5.74) is 8.67. The van der Waals surface area contributed by atoms with Crippen molar-refractivity contribution in [2.45, 2.75) is 25.4 Å². The predicted molar refractivity (Wildman–Crippen MR) is 107 cm³/mol. The molecule has 0 aliphatic carbocycles. The van der Waals surface area contributed by atoms with Crippen molar-refractivity contribution in [2.75, 3.05) is 25.5 Å². The number of nitrogens with two attached hydrogens (primary N) is 1. The number of pyridine rings is 2. The van der Waals surface area contributed by atoms with Gasteiger partial charge in [0.15, 0.2) is 6.17 Å². The van der Waals surface area contributed by atoms with E-state index in [1.54, 1.807) is 36.5 Å². The van der Waals surface area contributed by atoms with E-state index in [0.29, 0.717) is 5.69 Å². The summed E-state index contributed by atoms with van der Waals surface area (Å²) < 4.78 is 13.6. The first kappa shape index (κ1) is 20.9. The summed E-state index contributed by atoms with van der Waals surface area (Å²) in [5, 5.41) is 8.61. The minimum absolute atomic E-state index is 0.0669. The standard InChI is InChI=1S/C19H24FN7O2/c1-11-13(4-3-6-23-11)14-5-7-22-9-15(14)25-19(28)16(17(21)26-29)18-24-8-12(20)10-27(18)2/h3-7,9,12,16-18,24H,8,10,21H2,1-2H3,(H,25,28). The smallest absolute Gasteiger partial charge is 0.234 e. The fourth-order valence-corrected chi connectivity index (χ4v) is 3.56. The van der Waals surface area contributed by atoms with Crippen molar-refractivity contribution >= 4 is 11.6 Å². The minimum atomic E-state index is -1.30. The number of carbonyl (C=O) groups excluding carboxylic acids is 1. The second kappa shape index (κ2) is 9.12. The molecule has 154 valence electrons. The zero-order valence-electron chi connectivity index (χ0n) is 16.2. The van der Waals surface area contributed by atoms with Crippen molar-refractivity contribution in [2.24, 2.45) is 16.8 Å². The number of hydrogen-bond acceptors (Lipinski definition) is 8. The van der Waals surface area contributed by atoms with Crippen LogP contribution in [0.4, 0.5) is 10.1 Å². The molecule has 3 heterocycles. The number of aryl methyl sites for hydroxylation is 1. The molecule has 0 bridgehead atoms. The number of amides is 1. The van der Waals surface area contributed by atoms with Crippen molar-refractivity contribution in [1.82, 2.24) is 20.2 Å². The zero-order valence-corrected chi connectivity index (χ0v) is 16.2. The van der Waals surface area contributed by atoms with Gasteiger partial charge in [-0.05, 0) is 26.1 Å². The van der Waals surface area contributed by atoms with Crippen molar-refractivity contribution in [3.8, 4) is 11.1 Å². The molecule has 2 aromatic heterocycles. The number of nitrogens with one attached hydrogen (secondary N) is 2. The molecule has 0 saturated carbocycles. The molecule has 1 aliphatic rings. The number of halogens is 1. The number of rotatable bonds is 6. The van der Waals surface area contributed by atoms with E-state index in [-0.39, 0.29) is 13.1 Å². The van der Waals surface area contributed by atoms with Crippen LogP contribution in [-0.4, -0.2) is 59.4 Å². The average molecular weight is 401 g/mol. The maximum atomic E-state index is 13.6. The Kier molecular flexibility index (Phi) is 6.57. The maximum Gasteiger partial charge on any atom is 0.234 e. The van der Waals surface area contributed by atoms with Gasteiger partial charge in [-0.1, -0.05) is 11.2 Å². The lowest BCUT2D eigenvalue weighted by Crippen LogP contribution is -2.62. The molecule has 4 N–H and O–H groups in total. The Bertz CT molecular complexity index is 881. The van der Waals surface area contributed by atoms with Crippen molar-refractivity contribution in [3.63, 3.8) is 0 Å². The first-order valence-electron chi connectivity index (χ1n) is 9.25. The third kappa shape index (κ3) is 4.61. The van der Waals surface area contributed by atoms with Crippen LogP contribution in [0.3, 0.4) is 0 Å². The molecule has 1 saturated heterocycles. The molecule has 3 rings (SSSR count). The van der Waals surface area contributed by atoms with E-state index < -0.39 is 30.3 Å². The van der Waals surface area contributed by atoms with Gasteiger partial charge in [0.2, 0.25) is 5.91 Å². The molecular formula is C19H24FN7O2. The van der Waals surface area contributed by atoms with Gasteiger partial charge < -0.3 is 11.1 Å². The third-order valence-electron chi connectivity index (χ3n) is 5.02. The van der Waals surface area contributed by atoms with E-state index in [0.717, 1.165) is 16.8 Å². The minimum Gasteiger partial charge on any atom is -0.324 e. The molecule has 2 aromatic rings. The third-order valence-corrected chi connectivity index (χ3v) is 5.02. The van der Waals surface area contributed by atoms with E-state index in [4.69, 9.17) is 5.73 Å². The van der Waals surface area contributed by atoms with Gasteiger partial charge >= 0.3 is 0 Å². The Morgan fingerprint density at radius 2 is 2.21 bits per heavy atom. The van der Waals surface area contributed by atoms with Crippen molar-refractivity contribution < 1.29 is 9.18 Å². The van der Waals surface area contributed by atoms with Gasteiger partial charge in [-0.2, -0.15) is 0 Å². The van der Waals surface area contributed by atoms with Gasteiger partial charge in [-0.15, -0.1) is 4.91 Å². The van der Waals surface area contributed by atoms with Crippen LogP contribution >= 0.6 is 0 Å². The highest BCUT2D eigenvalue weighted by Gasteiger charge is 2.40. The highest BCUT2D eigenvalue weighted by molar-refractivity contribution is 5.97. The molecule has 9 nitrogen and oxygen atoms in total. The molecule has 4 atom stereocenters. The van der Waals surface area contributed by atoms with Crippen LogP contribution in [-0.2, 0) is 4.79 Å². The van der Waals surface area contributed by atoms with Gasteiger partial charge in [0, 0.05) is 42.3 Å². The predicted octanol–water partition coefficient (Wildman–Crippen LogP) is 1.26. The monoisotopic (exact) mass is 401 g/mol. The fourth-order valence-electron chi connectivity index (χ4n) is 3.56. The van der Waals surface area contributed by atoms with Crippen LogP contribution in [0.5, 0.6) is 0 Å². The second-order valence-electron chi connectivity index (χ2n) is 7.06. The van der Waals surface area contributed by atoms with Crippen LogP contribution in [0.1, 0.15) is 5.69 Å². The van der Waals surface area contributed by atoms with Gasteiger partial charge in [0.1, 0.15) is 12.1 Å². The first-order valence-corrected chi connectivity index (χ1v) is 9.25. The number of hydrogen-bond donors (Lipinski definition) is 3. The Morgan fingerprint density at radius 1 is 1.41 bits per heavy atom. The lowest BCUT2D eigenvalue weighted by Gasteiger charge is -2.39. The average Bonchev–Trinajstić information content (AvgIpc) is 2.70. The van der Waals surface area contributed by atoms with E-state index in [2.05, 4.69) is 25.8 Å². The SMILES string of the molecule is Cc1ncccc1-c1ccncc1NC(=O)C(C(N)N=O)C1NCC(F)CN1C. The summed E-state index contributed by atoms with van der Waals surface area (Å²) in [6, 6.07) is 5.46. The lowest BCUT2D eigenvalue weighted by atomic mass is 9.97. The van der Waals surface area contributed by atoms with Gasteiger partial charge in [0.25, 0.3) is 0 Å². The van der Waals surface area contributed by atoms with Crippen molar-refractivity contribution in [3.05, 3.63) is 47.4 Å². The van der Waals surface area contributed by atoms with Crippen LogP contribution < -0.4 is 16.4 Å². The van der Waals surface area contributed by atoms with E-state index >= 15 is 0 Å². The highest BCUT2D eigenvalue weighted by Crippen LogP contribution is 2.29. The molecule has 0 radical (unpaired) electrons. The molecule has 0 aromatic carbocycles. The summed E-state index contributed by atoms with van der Waals surface area (Å²) >= 11 is 0. The number of carbonyl (C=O) groups is 1. The normalized spacial score (nSPS) is 21.9. The van der Waals surface area contributed by atoms with Crippen LogP contribution in [0, 0.1) is 17.7 Å². The number of anilines is 1. The summed E-state index contributed by atoms with van der Waals surface area (Å²) in [4.78, 5) is 34.3. The van der Waals surface area contributed by atoms with Crippen LogP contribution in [0.15, 0.2) is 42.0 Å². The van der Waals surface area contributed by atoms with Gasteiger partial charge in [-0.3, -0.25) is 25.0 Å². The molecule has 1 fully saturated rings. The van der Waals surface area contributed by atoms with Crippen LogP contribution in [0.2, 0.25) is 0 Å². The van der Waals surface area contributed by atoms with E-state index in [1.165, 1.54) is 6.20 Å². The number of aromatic nitrogens is 2. The number of alkyl halides is 1. The largest absolute Gasteiger partial charge is 0.324 e. The molecule has 4 unspecified atom stereocenters. The Balaban J connectivity index is 1.89. The molecular weight excluding hydrogens is 377 g/mol. The number of nitroso groups, excluding NO2 is 1. The number of nitrogens with zero attached hydrogens (tertiary/aromatic N) is 4. The highest BCUT2D eigenvalue weighted by atomic mass is 19.1. The molecule has 10 heteroatoms. The topological polar surface area (TPSA) is 126 Å². The van der Waals surface area contributed by atoms with E-state index in [9.17, 15) is 14.1 Å². The molecule has 1 aliphatic heterocycles. The summed E-state index contributed by atoms with van der Waals surface area (Å²) in [5.74, 6) is -1.53. The Hall–Kier alpha value is -2.82. The Labute approximate surface area is 167 Å². The van der Waals surface area contributed by atoms with E-state index in [1.807, 2.05) is 13.0 Å². The fraction of sp³-hybridized carbons (Fsp3) is 0.421. The van der Waals surface area contributed by atoms with Gasteiger partial charge in [-0.25, -0.2) is 4.39 Å².